The summed E-state index contributed by atoms with van der Waals surface area (Å²) in [6.07, 6.45) is 1.79. The van der Waals surface area contributed by atoms with Gasteiger partial charge in [-0.3, -0.25) is 0 Å². The van der Waals surface area contributed by atoms with Gasteiger partial charge in [0, 0.05) is 17.5 Å². The fourth-order valence-corrected chi connectivity index (χ4v) is 2.66. The molecule has 0 amide bonds. The largest absolute Gasteiger partial charge is 0.496 e. The fourth-order valence-electron chi connectivity index (χ4n) is 1.76. The molecule has 1 heterocycles. The van der Waals surface area contributed by atoms with Crippen molar-refractivity contribution >= 4 is 9.84 Å². The minimum Gasteiger partial charge on any atom is -0.496 e. The highest BCUT2D eigenvalue weighted by atomic mass is 32.2. The van der Waals surface area contributed by atoms with Crippen molar-refractivity contribution in [3.63, 3.8) is 0 Å². The number of methoxy groups -OCH3 is 1. The van der Waals surface area contributed by atoms with E-state index in [1.807, 2.05) is 12.1 Å². The summed E-state index contributed by atoms with van der Waals surface area (Å²) in [7, 11) is -1.64. The highest BCUT2D eigenvalue weighted by Gasteiger charge is 2.15. The third kappa shape index (κ3) is 2.26. The molecule has 0 unspecified atom stereocenters. The Morgan fingerprint density at radius 2 is 2.06 bits per heavy atom. The van der Waals surface area contributed by atoms with E-state index in [0.717, 1.165) is 11.3 Å². The Hall–Kier alpha value is -1.75. The molecule has 1 aromatic heterocycles. The zero-order valence-corrected chi connectivity index (χ0v) is 11.1. The highest BCUT2D eigenvalue weighted by molar-refractivity contribution is 7.91. The van der Waals surface area contributed by atoms with Crippen LogP contribution in [0.1, 0.15) is 6.92 Å². The number of aromatic amines is 1. The molecule has 0 aliphatic rings. The van der Waals surface area contributed by atoms with Crippen molar-refractivity contribution in [1.29, 1.82) is 0 Å². The molecule has 0 saturated heterocycles. The molecule has 1 aromatic carbocycles. The van der Waals surface area contributed by atoms with Gasteiger partial charge in [0.2, 0.25) is 0 Å². The molecule has 2 rings (SSSR count). The molecule has 4 nitrogen and oxygen atoms in total. The van der Waals surface area contributed by atoms with Crippen molar-refractivity contribution in [2.75, 3.05) is 12.9 Å². The van der Waals surface area contributed by atoms with E-state index in [2.05, 4.69) is 4.98 Å². The molecule has 5 heteroatoms. The van der Waals surface area contributed by atoms with E-state index in [0.29, 0.717) is 10.6 Å². The Bertz CT molecular complexity index is 630. The van der Waals surface area contributed by atoms with Crippen LogP contribution in [0.15, 0.2) is 41.4 Å². The summed E-state index contributed by atoms with van der Waals surface area (Å²) in [6, 6.07) is 8.63. The van der Waals surface area contributed by atoms with E-state index in [1.54, 1.807) is 38.4 Å². The standard InChI is InChI=1S/C13H15NO3S/c1-3-18(15,16)10-6-7-13(17-2)11(9-10)12-5-4-8-14-12/h4-9,14H,3H2,1-2H3. The Balaban J connectivity index is 2.60. The normalized spacial score (nSPS) is 11.4. The number of ether oxygens (including phenoxy) is 1. The van der Waals surface area contributed by atoms with Gasteiger partial charge < -0.3 is 9.72 Å². The first-order valence-corrected chi connectivity index (χ1v) is 7.28. The molecule has 18 heavy (non-hydrogen) atoms. The zero-order valence-electron chi connectivity index (χ0n) is 10.3. The lowest BCUT2D eigenvalue weighted by Crippen LogP contribution is -2.04. The third-order valence-electron chi connectivity index (χ3n) is 2.80. The van der Waals surface area contributed by atoms with E-state index in [1.165, 1.54) is 0 Å². The minimum atomic E-state index is -3.21. The van der Waals surface area contributed by atoms with E-state index in [9.17, 15) is 8.42 Å². The van der Waals surface area contributed by atoms with E-state index in [4.69, 9.17) is 4.74 Å². The molecule has 0 atom stereocenters. The Kier molecular flexibility index (Phi) is 3.43. The Labute approximate surface area is 107 Å². The number of hydrogen-bond acceptors (Lipinski definition) is 3. The molecule has 0 radical (unpaired) electrons. The first-order valence-electron chi connectivity index (χ1n) is 5.63. The maximum Gasteiger partial charge on any atom is 0.178 e. The Morgan fingerprint density at radius 1 is 1.28 bits per heavy atom. The molecule has 1 N–H and O–H groups in total. The number of H-pyrrole nitrogens is 1. The number of hydrogen-bond donors (Lipinski definition) is 1. The number of rotatable bonds is 4. The lowest BCUT2D eigenvalue weighted by molar-refractivity contribution is 0.416. The van der Waals surface area contributed by atoms with Crippen molar-refractivity contribution in [2.24, 2.45) is 0 Å². The van der Waals surface area contributed by atoms with Gasteiger partial charge in [0.15, 0.2) is 9.84 Å². The van der Waals surface area contributed by atoms with Gasteiger partial charge in [-0.2, -0.15) is 0 Å². The monoisotopic (exact) mass is 265 g/mol. The first-order chi connectivity index (χ1) is 8.58. The van der Waals surface area contributed by atoms with Crippen LogP contribution < -0.4 is 4.74 Å². The molecule has 0 aliphatic heterocycles. The average Bonchev–Trinajstić information content (AvgIpc) is 2.91. The third-order valence-corrected chi connectivity index (χ3v) is 4.53. The maximum absolute atomic E-state index is 11.9. The van der Waals surface area contributed by atoms with Crippen molar-refractivity contribution < 1.29 is 13.2 Å². The summed E-state index contributed by atoms with van der Waals surface area (Å²) < 4.78 is 29.0. The van der Waals surface area contributed by atoms with Crippen molar-refractivity contribution in [2.45, 2.75) is 11.8 Å². The van der Waals surface area contributed by atoms with Crippen LogP contribution in [-0.2, 0) is 9.84 Å². The van der Waals surface area contributed by atoms with Crippen LogP contribution in [0, 0.1) is 0 Å². The van der Waals surface area contributed by atoms with Crippen LogP contribution in [0.25, 0.3) is 11.3 Å². The average molecular weight is 265 g/mol. The second-order valence-corrected chi connectivity index (χ2v) is 6.13. The second kappa shape index (κ2) is 4.86. The second-order valence-electron chi connectivity index (χ2n) is 3.85. The highest BCUT2D eigenvalue weighted by Crippen LogP contribution is 2.31. The molecule has 96 valence electrons. The van der Waals surface area contributed by atoms with Crippen molar-refractivity contribution in [1.82, 2.24) is 4.98 Å². The van der Waals surface area contributed by atoms with E-state index < -0.39 is 9.84 Å². The summed E-state index contributed by atoms with van der Waals surface area (Å²) in [4.78, 5) is 3.37. The van der Waals surface area contributed by atoms with Crippen LogP contribution in [0.4, 0.5) is 0 Å². The summed E-state index contributed by atoms with van der Waals surface area (Å²) in [5, 5.41) is 0. The molecular formula is C13H15NO3S. The first kappa shape index (κ1) is 12.7. The van der Waals surface area contributed by atoms with Crippen LogP contribution >= 0.6 is 0 Å². The number of benzene rings is 1. The van der Waals surface area contributed by atoms with Crippen LogP contribution in [0.5, 0.6) is 5.75 Å². The minimum absolute atomic E-state index is 0.0868. The topological polar surface area (TPSA) is 59.2 Å². The molecule has 0 fully saturated rings. The summed E-state index contributed by atoms with van der Waals surface area (Å²) in [5.41, 5.74) is 1.58. The maximum atomic E-state index is 11.9. The molecule has 0 aliphatic carbocycles. The van der Waals surface area contributed by atoms with E-state index in [-0.39, 0.29) is 5.75 Å². The molecular weight excluding hydrogens is 250 g/mol. The zero-order chi connectivity index (χ0) is 13.2. The summed E-state index contributed by atoms with van der Waals surface area (Å²) in [6.45, 7) is 1.63. The molecule has 0 saturated carbocycles. The van der Waals surface area contributed by atoms with Gasteiger partial charge in [0.1, 0.15) is 5.75 Å². The summed E-state index contributed by atoms with van der Waals surface area (Å²) >= 11 is 0. The van der Waals surface area contributed by atoms with Gasteiger partial charge >= 0.3 is 0 Å². The van der Waals surface area contributed by atoms with Crippen LogP contribution in [0.2, 0.25) is 0 Å². The SMILES string of the molecule is CCS(=O)(=O)c1ccc(OC)c(-c2ccc[nH]2)c1. The summed E-state index contributed by atoms with van der Waals surface area (Å²) in [5.74, 6) is 0.733. The quantitative estimate of drug-likeness (QED) is 0.924. The van der Waals surface area contributed by atoms with Gasteiger partial charge in [-0.15, -0.1) is 0 Å². The van der Waals surface area contributed by atoms with E-state index >= 15 is 0 Å². The molecule has 2 aromatic rings. The van der Waals surface area contributed by atoms with Crippen LogP contribution in [-0.4, -0.2) is 26.3 Å². The Morgan fingerprint density at radius 3 is 2.61 bits per heavy atom. The van der Waals surface area contributed by atoms with Gasteiger partial charge in [0.05, 0.1) is 17.8 Å². The van der Waals surface area contributed by atoms with Gasteiger partial charge in [-0.1, -0.05) is 6.92 Å². The van der Waals surface area contributed by atoms with Gasteiger partial charge in [-0.05, 0) is 30.3 Å². The number of sulfone groups is 1. The molecule has 0 bridgehead atoms. The van der Waals surface area contributed by atoms with Gasteiger partial charge in [-0.25, -0.2) is 8.42 Å². The number of nitrogens with one attached hydrogen (secondary N) is 1. The molecule has 0 spiro atoms. The smallest absolute Gasteiger partial charge is 0.178 e. The predicted molar refractivity (Wildman–Crippen MR) is 70.5 cm³/mol. The number of aromatic nitrogens is 1. The van der Waals surface area contributed by atoms with Gasteiger partial charge in [0.25, 0.3) is 0 Å². The lowest BCUT2D eigenvalue weighted by atomic mass is 10.1. The lowest BCUT2D eigenvalue weighted by Gasteiger charge is -2.09. The predicted octanol–water partition coefficient (Wildman–Crippen LogP) is 2.48. The van der Waals surface area contributed by atoms with Crippen molar-refractivity contribution in [3.05, 3.63) is 36.5 Å². The van der Waals surface area contributed by atoms with Crippen molar-refractivity contribution in [3.8, 4) is 17.0 Å². The van der Waals surface area contributed by atoms with Crippen LogP contribution in [0.3, 0.4) is 0 Å². The fraction of sp³-hybridized carbons (Fsp3) is 0.231.